The van der Waals surface area contributed by atoms with E-state index in [1.165, 1.54) is 6.42 Å². The number of hydrogen-bond donors (Lipinski definition) is 1. The van der Waals surface area contributed by atoms with Gasteiger partial charge in [-0.2, -0.15) is 0 Å². The van der Waals surface area contributed by atoms with Gasteiger partial charge >= 0.3 is 0 Å². The maximum absolute atomic E-state index is 14.6. The predicted molar refractivity (Wildman–Crippen MR) is 91.5 cm³/mol. The van der Waals surface area contributed by atoms with Crippen LogP contribution in [-0.2, 0) is 0 Å². The van der Waals surface area contributed by atoms with Crippen molar-refractivity contribution in [3.05, 3.63) is 33.0 Å². The van der Waals surface area contributed by atoms with Gasteiger partial charge in [0.05, 0.1) is 5.02 Å². The highest BCUT2D eigenvalue weighted by atomic mass is 79.9. The van der Waals surface area contributed by atoms with Crippen LogP contribution >= 0.6 is 27.5 Å². The second-order valence-electron chi connectivity index (χ2n) is 6.25. The highest BCUT2D eigenvalue weighted by molar-refractivity contribution is 9.10. The van der Waals surface area contributed by atoms with Crippen molar-refractivity contribution in [1.29, 1.82) is 0 Å². The van der Waals surface area contributed by atoms with Crippen molar-refractivity contribution in [2.45, 2.75) is 45.4 Å². The molecule has 0 heterocycles. The Hall–Kier alpha value is -0.120. The fourth-order valence-corrected chi connectivity index (χ4v) is 3.84. The molecule has 1 fully saturated rings. The Balaban J connectivity index is 2.21. The lowest BCUT2D eigenvalue weighted by atomic mass is 9.71. The van der Waals surface area contributed by atoms with E-state index in [2.05, 4.69) is 35.1 Å². The lowest BCUT2D eigenvalue weighted by molar-refractivity contribution is 0.238. The van der Waals surface area contributed by atoms with Crippen molar-refractivity contribution in [2.24, 2.45) is 11.8 Å². The van der Waals surface area contributed by atoms with Gasteiger partial charge in [-0.1, -0.05) is 37.9 Å². The molecule has 1 aromatic carbocycles. The summed E-state index contributed by atoms with van der Waals surface area (Å²) >= 11 is 9.37. The highest BCUT2D eigenvalue weighted by Gasteiger charge is 2.32. The van der Waals surface area contributed by atoms with Gasteiger partial charge in [-0.25, -0.2) is 4.39 Å². The van der Waals surface area contributed by atoms with E-state index in [4.69, 9.17) is 11.6 Å². The van der Waals surface area contributed by atoms with Gasteiger partial charge in [-0.3, -0.25) is 0 Å². The first-order chi connectivity index (χ1) is 10.0. The molecule has 21 heavy (non-hydrogen) atoms. The van der Waals surface area contributed by atoms with Crippen LogP contribution < -0.4 is 5.32 Å². The summed E-state index contributed by atoms with van der Waals surface area (Å²) in [4.78, 5) is 0. The molecule has 1 aliphatic rings. The van der Waals surface area contributed by atoms with Crippen molar-refractivity contribution in [1.82, 2.24) is 5.32 Å². The maximum Gasteiger partial charge on any atom is 0.146 e. The number of rotatable bonds is 5. The second kappa shape index (κ2) is 7.94. The van der Waals surface area contributed by atoms with E-state index in [9.17, 15) is 4.39 Å². The molecule has 1 aromatic rings. The van der Waals surface area contributed by atoms with E-state index in [0.717, 1.165) is 37.9 Å². The molecule has 1 nitrogen and oxygen atoms in total. The Labute approximate surface area is 140 Å². The third-order valence-electron chi connectivity index (χ3n) is 4.55. The third kappa shape index (κ3) is 4.20. The quantitative estimate of drug-likeness (QED) is 0.509. The molecule has 0 bridgehead atoms. The van der Waals surface area contributed by atoms with Crippen molar-refractivity contribution >= 4 is 27.5 Å². The Morgan fingerprint density at radius 3 is 2.86 bits per heavy atom. The molecule has 0 saturated heterocycles. The molecule has 4 heteroatoms. The molecule has 118 valence electrons. The van der Waals surface area contributed by atoms with Crippen LogP contribution in [0.2, 0.25) is 5.02 Å². The SMILES string of the molecule is CCCNCC1CCC(C)CC1c1ccc(Br)c(Cl)c1F. The molecule has 1 aliphatic carbocycles. The van der Waals surface area contributed by atoms with Gasteiger partial charge in [0.15, 0.2) is 0 Å². The van der Waals surface area contributed by atoms with E-state index in [1.807, 2.05) is 12.1 Å². The Morgan fingerprint density at radius 1 is 1.38 bits per heavy atom. The average Bonchev–Trinajstić information content (AvgIpc) is 2.47. The van der Waals surface area contributed by atoms with Gasteiger partial charge in [0, 0.05) is 4.47 Å². The summed E-state index contributed by atoms with van der Waals surface area (Å²) in [6.07, 6.45) is 4.58. The fourth-order valence-electron chi connectivity index (χ4n) is 3.36. The van der Waals surface area contributed by atoms with Crippen molar-refractivity contribution in [2.75, 3.05) is 13.1 Å². The normalized spacial score (nSPS) is 26.0. The van der Waals surface area contributed by atoms with Gasteiger partial charge < -0.3 is 5.32 Å². The topological polar surface area (TPSA) is 12.0 Å². The highest BCUT2D eigenvalue weighted by Crippen LogP contribution is 2.43. The lowest BCUT2D eigenvalue weighted by Crippen LogP contribution is -2.32. The Bertz CT molecular complexity index is 480. The smallest absolute Gasteiger partial charge is 0.146 e. The molecule has 1 N–H and O–H groups in total. The minimum Gasteiger partial charge on any atom is -0.316 e. The number of nitrogens with one attached hydrogen (secondary N) is 1. The first kappa shape index (κ1) is 17.2. The van der Waals surface area contributed by atoms with Crippen LogP contribution in [0, 0.1) is 17.7 Å². The van der Waals surface area contributed by atoms with E-state index in [0.29, 0.717) is 16.3 Å². The molecule has 0 aromatic heterocycles. The maximum atomic E-state index is 14.6. The summed E-state index contributed by atoms with van der Waals surface area (Å²) in [5, 5.41) is 3.71. The van der Waals surface area contributed by atoms with Crippen molar-refractivity contribution in [3.8, 4) is 0 Å². The molecule has 2 rings (SSSR count). The van der Waals surface area contributed by atoms with Crippen molar-refractivity contribution < 1.29 is 4.39 Å². The minimum absolute atomic E-state index is 0.214. The molecule has 0 radical (unpaired) electrons. The number of hydrogen-bond acceptors (Lipinski definition) is 1. The molecular weight excluding hydrogens is 353 g/mol. The largest absolute Gasteiger partial charge is 0.316 e. The monoisotopic (exact) mass is 375 g/mol. The van der Waals surface area contributed by atoms with Gasteiger partial charge in [-0.15, -0.1) is 0 Å². The van der Waals surface area contributed by atoms with Gasteiger partial charge in [0.25, 0.3) is 0 Å². The molecule has 0 spiro atoms. The summed E-state index contributed by atoms with van der Waals surface area (Å²) in [6, 6.07) is 3.78. The molecule has 3 atom stereocenters. The molecular formula is C17H24BrClFN. The number of halogens is 3. The van der Waals surface area contributed by atoms with E-state index in [-0.39, 0.29) is 16.8 Å². The predicted octanol–water partition coefficient (Wildman–Crippen LogP) is 5.76. The zero-order valence-electron chi connectivity index (χ0n) is 12.8. The zero-order chi connectivity index (χ0) is 15.4. The Morgan fingerprint density at radius 2 is 2.14 bits per heavy atom. The van der Waals surface area contributed by atoms with E-state index >= 15 is 0 Å². The first-order valence-electron chi connectivity index (χ1n) is 7.88. The van der Waals surface area contributed by atoms with E-state index in [1.54, 1.807) is 0 Å². The average molecular weight is 377 g/mol. The molecule has 0 aliphatic heterocycles. The standard InChI is InChI=1S/C17H24BrClFN/c1-3-8-21-10-12-5-4-11(2)9-14(12)13-6-7-15(18)16(19)17(13)20/h6-7,11-12,14,21H,3-5,8-10H2,1-2H3. The third-order valence-corrected chi connectivity index (χ3v) is 5.81. The van der Waals surface area contributed by atoms with Crippen LogP contribution in [0.1, 0.15) is 51.0 Å². The van der Waals surface area contributed by atoms with Crippen LogP contribution in [0.4, 0.5) is 4.39 Å². The van der Waals surface area contributed by atoms with Crippen LogP contribution in [-0.4, -0.2) is 13.1 Å². The minimum atomic E-state index is -0.245. The molecule has 0 amide bonds. The summed E-state index contributed by atoms with van der Waals surface area (Å²) in [5.41, 5.74) is 0.790. The summed E-state index contributed by atoms with van der Waals surface area (Å²) in [5.74, 6) is 1.17. The van der Waals surface area contributed by atoms with Crippen LogP contribution in [0.15, 0.2) is 16.6 Å². The molecule has 3 unspecified atom stereocenters. The van der Waals surface area contributed by atoms with Crippen LogP contribution in [0.3, 0.4) is 0 Å². The number of benzene rings is 1. The summed E-state index contributed by atoms with van der Waals surface area (Å²) in [6.45, 7) is 6.43. The fraction of sp³-hybridized carbons (Fsp3) is 0.647. The molecule has 1 saturated carbocycles. The summed E-state index contributed by atoms with van der Waals surface area (Å²) < 4.78 is 15.2. The van der Waals surface area contributed by atoms with Gasteiger partial charge in [0.2, 0.25) is 0 Å². The van der Waals surface area contributed by atoms with Crippen molar-refractivity contribution in [3.63, 3.8) is 0 Å². The Kier molecular flexibility index (Phi) is 6.51. The van der Waals surface area contributed by atoms with Crippen LogP contribution in [0.25, 0.3) is 0 Å². The van der Waals surface area contributed by atoms with Crippen LogP contribution in [0.5, 0.6) is 0 Å². The first-order valence-corrected chi connectivity index (χ1v) is 9.05. The second-order valence-corrected chi connectivity index (χ2v) is 7.49. The zero-order valence-corrected chi connectivity index (χ0v) is 15.1. The van der Waals surface area contributed by atoms with Gasteiger partial charge in [-0.05, 0) is 77.7 Å². The summed E-state index contributed by atoms with van der Waals surface area (Å²) in [7, 11) is 0. The van der Waals surface area contributed by atoms with Gasteiger partial charge in [0.1, 0.15) is 5.82 Å². The lowest BCUT2D eigenvalue weighted by Gasteiger charge is -2.36. The van der Waals surface area contributed by atoms with E-state index < -0.39 is 0 Å².